The van der Waals surface area contributed by atoms with Gasteiger partial charge in [-0.2, -0.15) is 0 Å². The summed E-state index contributed by atoms with van der Waals surface area (Å²) in [6, 6.07) is 5.64. The third-order valence-electron chi connectivity index (χ3n) is 3.26. The molecule has 7 heteroatoms. The number of hydrogen-bond acceptors (Lipinski definition) is 6. The highest BCUT2D eigenvalue weighted by atomic mass is 32.1. The zero-order chi connectivity index (χ0) is 17.0. The summed E-state index contributed by atoms with van der Waals surface area (Å²) in [5.74, 6) is -0.172. The Balaban J connectivity index is 1.94. The summed E-state index contributed by atoms with van der Waals surface area (Å²) in [5, 5.41) is 2.96. The van der Waals surface area contributed by atoms with E-state index in [0.29, 0.717) is 21.5 Å². The van der Waals surface area contributed by atoms with E-state index in [1.807, 2.05) is 32.0 Å². The van der Waals surface area contributed by atoms with Crippen LogP contribution < -0.4 is 10.1 Å². The molecule has 0 saturated carbocycles. The number of esters is 1. The Morgan fingerprint density at radius 3 is 2.61 bits per heavy atom. The lowest BCUT2D eigenvalue weighted by Gasteiger charge is -2.07. The highest BCUT2D eigenvalue weighted by Gasteiger charge is 2.17. The van der Waals surface area contributed by atoms with Crippen molar-refractivity contribution in [3.8, 4) is 5.75 Å². The molecular weight excluding hydrogens is 316 g/mol. The number of rotatable bonds is 5. The summed E-state index contributed by atoms with van der Waals surface area (Å²) in [6.07, 6.45) is 0. The molecule has 0 fully saturated rings. The van der Waals surface area contributed by atoms with Gasteiger partial charge in [0.2, 0.25) is 0 Å². The summed E-state index contributed by atoms with van der Waals surface area (Å²) in [6.45, 7) is 5.54. The number of nitrogens with zero attached hydrogens (tertiary/aromatic N) is 1. The quantitative estimate of drug-likeness (QED) is 0.851. The summed E-state index contributed by atoms with van der Waals surface area (Å²) in [4.78, 5) is 27.9. The number of thiazole rings is 1. The number of nitrogens with one attached hydrogen (secondary N) is 1. The average molecular weight is 334 g/mol. The predicted molar refractivity (Wildman–Crippen MR) is 88.2 cm³/mol. The first-order chi connectivity index (χ1) is 10.9. The van der Waals surface area contributed by atoms with Gasteiger partial charge in [-0.1, -0.05) is 17.4 Å². The molecule has 2 aromatic rings. The first-order valence-corrected chi connectivity index (χ1v) is 7.78. The van der Waals surface area contributed by atoms with Crippen molar-refractivity contribution in [3.63, 3.8) is 0 Å². The van der Waals surface area contributed by atoms with Gasteiger partial charge in [0.25, 0.3) is 5.91 Å². The van der Waals surface area contributed by atoms with Gasteiger partial charge >= 0.3 is 5.97 Å². The number of methoxy groups -OCH3 is 1. The van der Waals surface area contributed by atoms with E-state index in [1.165, 1.54) is 7.11 Å². The van der Waals surface area contributed by atoms with Gasteiger partial charge in [-0.05, 0) is 44.0 Å². The van der Waals surface area contributed by atoms with Crippen molar-refractivity contribution in [1.82, 2.24) is 4.98 Å². The minimum atomic E-state index is -0.466. The number of benzene rings is 1. The fourth-order valence-corrected chi connectivity index (χ4v) is 2.74. The van der Waals surface area contributed by atoms with E-state index >= 15 is 0 Å². The molecule has 0 saturated heterocycles. The van der Waals surface area contributed by atoms with Crippen LogP contribution >= 0.6 is 11.3 Å². The SMILES string of the molecule is COC(=O)c1sc(NC(=O)COc2ccc(C)c(C)c2)nc1C. The average Bonchev–Trinajstić information content (AvgIpc) is 2.88. The zero-order valence-electron chi connectivity index (χ0n) is 13.4. The normalized spacial score (nSPS) is 10.3. The maximum Gasteiger partial charge on any atom is 0.350 e. The van der Waals surface area contributed by atoms with Crippen LogP contribution in [0.1, 0.15) is 26.5 Å². The molecule has 122 valence electrons. The molecule has 1 heterocycles. The van der Waals surface area contributed by atoms with Gasteiger partial charge in [0, 0.05) is 0 Å². The van der Waals surface area contributed by atoms with Crippen LogP contribution in [0.2, 0.25) is 0 Å². The molecule has 6 nitrogen and oxygen atoms in total. The molecular formula is C16H18N2O4S. The predicted octanol–water partition coefficient (Wildman–Crippen LogP) is 2.87. The molecule has 0 atom stereocenters. The van der Waals surface area contributed by atoms with Crippen LogP contribution in [0, 0.1) is 20.8 Å². The summed E-state index contributed by atoms with van der Waals surface area (Å²) < 4.78 is 10.1. The third-order valence-corrected chi connectivity index (χ3v) is 4.31. The molecule has 23 heavy (non-hydrogen) atoms. The number of carbonyl (C=O) groups excluding carboxylic acids is 2. The van der Waals surface area contributed by atoms with Crippen LogP contribution in [-0.4, -0.2) is 30.6 Å². The Kier molecular flexibility index (Phi) is 5.33. The van der Waals surface area contributed by atoms with Crippen molar-refractivity contribution >= 4 is 28.3 Å². The first kappa shape index (κ1) is 17.0. The topological polar surface area (TPSA) is 77.5 Å². The number of aromatic nitrogens is 1. The van der Waals surface area contributed by atoms with Crippen LogP contribution in [-0.2, 0) is 9.53 Å². The maximum atomic E-state index is 11.9. The second kappa shape index (κ2) is 7.23. The monoisotopic (exact) mass is 334 g/mol. The number of aryl methyl sites for hydroxylation is 3. The largest absolute Gasteiger partial charge is 0.484 e. The Morgan fingerprint density at radius 2 is 1.96 bits per heavy atom. The van der Waals surface area contributed by atoms with Crippen LogP contribution in [0.15, 0.2) is 18.2 Å². The minimum Gasteiger partial charge on any atom is -0.484 e. The van der Waals surface area contributed by atoms with Gasteiger partial charge in [-0.3, -0.25) is 10.1 Å². The molecule has 0 aliphatic rings. The molecule has 0 aliphatic heterocycles. The minimum absolute atomic E-state index is 0.130. The Morgan fingerprint density at radius 1 is 1.22 bits per heavy atom. The summed E-state index contributed by atoms with van der Waals surface area (Å²) in [5.41, 5.74) is 2.78. The molecule has 1 aromatic heterocycles. The molecule has 2 rings (SSSR count). The fraction of sp³-hybridized carbons (Fsp3) is 0.312. The van der Waals surface area contributed by atoms with Gasteiger partial charge in [0.05, 0.1) is 12.8 Å². The van der Waals surface area contributed by atoms with Gasteiger partial charge in [-0.15, -0.1) is 0 Å². The number of carbonyl (C=O) groups is 2. The van der Waals surface area contributed by atoms with E-state index in [-0.39, 0.29) is 12.5 Å². The molecule has 0 spiro atoms. The summed E-state index contributed by atoms with van der Waals surface area (Å²) in [7, 11) is 1.30. The van der Waals surface area contributed by atoms with Crippen LogP contribution in [0.3, 0.4) is 0 Å². The molecule has 0 aliphatic carbocycles. The van der Waals surface area contributed by atoms with E-state index in [2.05, 4.69) is 15.0 Å². The number of anilines is 1. The van der Waals surface area contributed by atoms with Crippen LogP contribution in [0.5, 0.6) is 5.75 Å². The van der Waals surface area contributed by atoms with Crippen LogP contribution in [0.4, 0.5) is 5.13 Å². The third kappa shape index (κ3) is 4.29. The standard InChI is InChI=1S/C16H18N2O4S/c1-9-5-6-12(7-10(9)2)22-8-13(19)18-16-17-11(3)14(23-16)15(20)21-4/h5-7H,8H2,1-4H3,(H,17,18,19). The van der Waals surface area contributed by atoms with Gasteiger partial charge in [0.15, 0.2) is 11.7 Å². The van der Waals surface area contributed by atoms with E-state index < -0.39 is 5.97 Å². The molecule has 0 radical (unpaired) electrons. The lowest BCUT2D eigenvalue weighted by molar-refractivity contribution is -0.118. The van der Waals surface area contributed by atoms with Crippen molar-refractivity contribution in [3.05, 3.63) is 39.9 Å². The van der Waals surface area contributed by atoms with E-state index in [1.54, 1.807) is 6.92 Å². The van der Waals surface area contributed by atoms with Crippen molar-refractivity contribution in [2.45, 2.75) is 20.8 Å². The van der Waals surface area contributed by atoms with E-state index in [9.17, 15) is 9.59 Å². The Labute approximate surface area is 138 Å². The second-order valence-electron chi connectivity index (χ2n) is 5.01. The Hall–Kier alpha value is -2.41. The number of ether oxygens (including phenoxy) is 2. The van der Waals surface area contributed by atoms with E-state index in [4.69, 9.17) is 4.74 Å². The smallest absolute Gasteiger partial charge is 0.350 e. The van der Waals surface area contributed by atoms with E-state index in [0.717, 1.165) is 22.5 Å². The molecule has 0 bridgehead atoms. The van der Waals surface area contributed by atoms with Gasteiger partial charge in [-0.25, -0.2) is 9.78 Å². The van der Waals surface area contributed by atoms with Crippen molar-refractivity contribution in [2.75, 3.05) is 19.0 Å². The zero-order valence-corrected chi connectivity index (χ0v) is 14.2. The highest BCUT2D eigenvalue weighted by molar-refractivity contribution is 7.17. The van der Waals surface area contributed by atoms with Gasteiger partial charge < -0.3 is 9.47 Å². The fourth-order valence-electron chi connectivity index (χ4n) is 1.84. The maximum absolute atomic E-state index is 11.9. The second-order valence-corrected chi connectivity index (χ2v) is 6.01. The van der Waals surface area contributed by atoms with Crippen molar-refractivity contribution < 1.29 is 19.1 Å². The lowest BCUT2D eigenvalue weighted by atomic mass is 10.1. The molecule has 0 unspecified atom stereocenters. The Bertz CT molecular complexity index is 740. The summed E-state index contributed by atoms with van der Waals surface area (Å²) >= 11 is 1.07. The van der Waals surface area contributed by atoms with Crippen molar-refractivity contribution in [2.24, 2.45) is 0 Å². The highest BCUT2D eigenvalue weighted by Crippen LogP contribution is 2.23. The van der Waals surface area contributed by atoms with Gasteiger partial charge in [0.1, 0.15) is 10.6 Å². The molecule has 1 N–H and O–H groups in total. The molecule has 1 amide bonds. The molecule has 1 aromatic carbocycles. The van der Waals surface area contributed by atoms with Crippen molar-refractivity contribution in [1.29, 1.82) is 0 Å². The van der Waals surface area contributed by atoms with Crippen LogP contribution in [0.25, 0.3) is 0 Å². The number of hydrogen-bond donors (Lipinski definition) is 1. The number of amides is 1. The lowest BCUT2D eigenvalue weighted by Crippen LogP contribution is -2.20. The first-order valence-electron chi connectivity index (χ1n) is 6.96.